The molecule has 2 rings (SSSR count). The van der Waals surface area contributed by atoms with Gasteiger partial charge in [0.2, 0.25) is 6.08 Å². The number of fused-ring (bicyclic) bond motifs is 1. The topological polar surface area (TPSA) is 47.9 Å². The normalized spacial score (nSPS) is 13.1. The van der Waals surface area contributed by atoms with Crippen LogP contribution in [0, 0.1) is 6.92 Å². The molecule has 0 N–H and O–H groups in total. The number of hydrogen-bond donors (Lipinski definition) is 0. The molecule has 4 nitrogen and oxygen atoms in total. The van der Waals surface area contributed by atoms with Crippen molar-refractivity contribution in [2.45, 2.75) is 13.5 Å². The van der Waals surface area contributed by atoms with Crippen LogP contribution in [-0.2, 0) is 11.3 Å². The molecule has 0 unspecified atom stereocenters. The monoisotopic (exact) mass is 239 g/mol. The van der Waals surface area contributed by atoms with Gasteiger partial charge in [-0.25, -0.2) is 9.79 Å². The molecule has 0 bridgehead atoms. The van der Waals surface area contributed by atoms with Crippen LogP contribution in [0.3, 0.4) is 0 Å². The fourth-order valence-corrected chi connectivity index (χ4v) is 1.90. The van der Waals surface area contributed by atoms with E-state index >= 15 is 0 Å². The third-order valence-corrected chi connectivity index (χ3v) is 2.72. The van der Waals surface area contributed by atoms with E-state index in [1.54, 1.807) is 6.07 Å². The molecule has 16 heavy (non-hydrogen) atoms. The first kappa shape index (κ1) is 11.0. The van der Waals surface area contributed by atoms with Gasteiger partial charge in [0.1, 0.15) is 13.2 Å². The molecule has 1 aliphatic rings. The minimum absolute atomic E-state index is 0.256. The van der Waals surface area contributed by atoms with Crippen LogP contribution in [0.2, 0.25) is 5.02 Å². The fraction of sp³-hybridized carbons (Fsp3) is 0.364. The third kappa shape index (κ3) is 1.90. The van der Waals surface area contributed by atoms with Crippen LogP contribution in [0.15, 0.2) is 11.1 Å². The lowest BCUT2D eigenvalue weighted by molar-refractivity contribution is 0.170. The zero-order valence-electron chi connectivity index (χ0n) is 8.75. The first-order chi connectivity index (χ1) is 7.74. The van der Waals surface area contributed by atoms with Crippen molar-refractivity contribution in [1.82, 2.24) is 0 Å². The van der Waals surface area contributed by atoms with Crippen molar-refractivity contribution in [2.75, 3.05) is 13.2 Å². The summed E-state index contributed by atoms with van der Waals surface area (Å²) in [4.78, 5) is 13.6. The quantitative estimate of drug-likeness (QED) is 0.588. The van der Waals surface area contributed by atoms with Gasteiger partial charge < -0.3 is 9.47 Å². The predicted molar refractivity (Wildman–Crippen MR) is 59.0 cm³/mol. The number of carbonyl (C=O) groups excluding carboxylic acids is 1. The van der Waals surface area contributed by atoms with Gasteiger partial charge in [-0.15, -0.1) is 0 Å². The Morgan fingerprint density at radius 3 is 2.81 bits per heavy atom. The van der Waals surface area contributed by atoms with Crippen LogP contribution in [0.5, 0.6) is 11.5 Å². The van der Waals surface area contributed by atoms with E-state index < -0.39 is 0 Å². The Bertz CT molecular complexity index is 467. The number of hydrogen-bond acceptors (Lipinski definition) is 4. The van der Waals surface area contributed by atoms with Crippen molar-refractivity contribution in [1.29, 1.82) is 0 Å². The number of rotatable bonds is 2. The first-order valence-corrected chi connectivity index (χ1v) is 5.23. The minimum Gasteiger partial charge on any atom is -0.486 e. The highest BCUT2D eigenvalue weighted by molar-refractivity contribution is 6.32. The summed E-state index contributed by atoms with van der Waals surface area (Å²) in [6.07, 6.45) is 1.50. The second-order valence-corrected chi connectivity index (χ2v) is 3.81. The molecule has 1 heterocycles. The van der Waals surface area contributed by atoms with Crippen LogP contribution in [0.4, 0.5) is 0 Å². The van der Waals surface area contributed by atoms with Crippen LogP contribution in [-0.4, -0.2) is 19.3 Å². The van der Waals surface area contributed by atoms with Gasteiger partial charge in [-0.05, 0) is 18.6 Å². The van der Waals surface area contributed by atoms with Gasteiger partial charge in [0, 0.05) is 5.56 Å². The Hall–Kier alpha value is -1.51. The highest BCUT2D eigenvalue weighted by Crippen LogP contribution is 2.41. The Labute approximate surface area is 97.8 Å². The van der Waals surface area contributed by atoms with Crippen molar-refractivity contribution in [3.05, 3.63) is 22.2 Å². The van der Waals surface area contributed by atoms with Gasteiger partial charge in [0.15, 0.2) is 11.5 Å². The summed E-state index contributed by atoms with van der Waals surface area (Å²) < 4.78 is 10.9. The van der Waals surface area contributed by atoms with E-state index in [-0.39, 0.29) is 6.54 Å². The Balaban J connectivity index is 2.48. The van der Waals surface area contributed by atoms with Crippen LogP contribution in [0.1, 0.15) is 11.1 Å². The summed E-state index contributed by atoms with van der Waals surface area (Å²) in [5.41, 5.74) is 1.75. The Morgan fingerprint density at radius 1 is 1.44 bits per heavy atom. The highest BCUT2D eigenvalue weighted by atomic mass is 35.5. The summed E-state index contributed by atoms with van der Waals surface area (Å²) >= 11 is 6.05. The SMILES string of the molecule is Cc1c(CN=C=O)cc(Cl)c2c1OCCO2. The van der Waals surface area contributed by atoms with E-state index in [4.69, 9.17) is 21.1 Å². The smallest absolute Gasteiger partial charge is 0.235 e. The lowest BCUT2D eigenvalue weighted by atomic mass is 10.1. The fourth-order valence-electron chi connectivity index (χ4n) is 1.63. The van der Waals surface area contributed by atoms with Gasteiger partial charge in [0.25, 0.3) is 0 Å². The van der Waals surface area contributed by atoms with Crippen LogP contribution in [0.25, 0.3) is 0 Å². The molecule has 1 aliphatic heterocycles. The highest BCUT2D eigenvalue weighted by Gasteiger charge is 2.20. The number of benzene rings is 1. The average Bonchev–Trinajstić information content (AvgIpc) is 2.32. The zero-order chi connectivity index (χ0) is 11.5. The summed E-state index contributed by atoms with van der Waals surface area (Å²) in [7, 11) is 0. The van der Waals surface area contributed by atoms with Crippen LogP contribution < -0.4 is 9.47 Å². The van der Waals surface area contributed by atoms with Gasteiger partial charge in [-0.1, -0.05) is 11.6 Å². The molecule has 0 fully saturated rings. The Kier molecular flexibility index (Phi) is 3.13. The molecular weight excluding hydrogens is 230 g/mol. The molecule has 5 heteroatoms. The van der Waals surface area contributed by atoms with Gasteiger partial charge in [0.05, 0.1) is 11.6 Å². The van der Waals surface area contributed by atoms with Crippen molar-refractivity contribution in [2.24, 2.45) is 4.99 Å². The summed E-state index contributed by atoms with van der Waals surface area (Å²) in [6.45, 7) is 3.15. The number of ether oxygens (including phenoxy) is 2. The van der Waals surface area contributed by atoms with Gasteiger partial charge >= 0.3 is 0 Å². The molecule has 0 saturated carbocycles. The summed E-state index contributed by atoms with van der Waals surface area (Å²) in [5, 5.41) is 0.483. The first-order valence-electron chi connectivity index (χ1n) is 4.85. The van der Waals surface area contributed by atoms with E-state index in [1.165, 1.54) is 6.08 Å². The minimum atomic E-state index is 0.256. The van der Waals surface area contributed by atoms with Gasteiger partial charge in [-0.3, -0.25) is 0 Å². The molecule has 0 radical (unpaired) electrons. The molecule has 1 aromatic rings. The third-order valence-electron chi connectivity index (χ3n) is 2.44. The number of aliphatic imine (C=N–C) groups is 1. The molecule has 0 spiro atoms. The number of halogens is 1. The number of isocyanates is 1. The molecule has 0 aliphatic carbocycles. The number of nitrogens with zero attached hydrogens (tertiary/aromatic N) is 1. The maximum Gasteiger partial charge on any atom is 0.235 e. The lowest BCUT2D eigenvalue weighted by Crippen LogP contribution is -2.17. The van der Waals surface area contributed by atoms with E-state index in [0.717, 1.165) is 11.1 Å². The largest absolute Gasteiger partial charge is 0.486 e. The van der Waals surface area contributed by atoms with Crippen molar-refractivity contribution in [3.8, 4) is 11.5 Å². The lowest BCUT2D eigenvalue weighted by Gasteiger charge is -2.22. The Morgan fingerprint density at radius 2 is 2.12 bits per heavy atom. The second-order valence-electron chi connectivity index (χ2n) is 3.41. The molecule has 0 amide bonds. The molecule has 0 aromatic heterocycles. The standard InChI is InChI=1S/C11H10ClNO3/c1-7-8(5-13-6-14)4-9(12)11-10(7)15-2-3-16-11/h4H,2-3,5H2,1H3. The molecule has 0 saturated heterocycles. The van der Waals surface area contributed by atoms with E-state index in [0.29, 0.717) is 29.7 Å². The summed E-state index contributed by atoms with van der Waals surface area (Å²) in [5.74, 6) is 1.22. The zero-order valence-corrected chi connectivity index (χ0v) is 9.50. The molecule has 1 aromatic carbocycles. The maximum absolute atomic E-state index is 10.1. The molecule has 0 atom stereocenters. The average molecular weight is 240 g/mol. The van der Waals surface area contributed by atoms with E-state index in [1.807, 2.05) is 6.92 Å². The van der Waals surface area contributed by atoms with Gasteiger partial charge in [-0.2, -0.15) is 0 Å². The predicted octanol–water partition coefficient (Wildman–Crippen LogP) is 2.26. The van der Waals surface area contributed by atoms with Crippen LogP contribution >= 0.6 is 11.6 Å². The maximum atomic E-state index is 10.1. The molecule has 84 valence electrons. The summed E-state index contributed by atoms with van der Waals surface area (Å²) in [6, 6.07) is 1.74. The van der Waals surface area contributed by atoms with Crippen molar-refractivity contribution < 1.29 is 14.3 Å². The van der Waals surface area contributed by atoms with E-state index in [9.17, 15) is 4.79 Å². The van der Waals surface area contributed by atoms with Crippen molar-refractivity contribution >= 4 is 17.7 Å². The molecular formula is C11H10ClNO3. The van der Waals surface area contributed by atoms with E-state index in [2.05, 4.69) is 4.99 Å². The second kappa shape index (κ2) is 4.56. The van der Waals surface area contributed by atoms with Crippen molar-refractivity contribution in [3.63, 3.8) is 0 Å².